The highest BCUT2D eigenvalue weighted by atomic mass is 16.6. The Bertz CT molecular complexity index is 880. The van der Waals surface area contributed by atoms with Gasteiger partial charge >= 0.3 is 0 Å². The molecule has 0 atom stereocenters. The zero-order valence-electron chi connectivity index (χ0n) is 14.1. The number of nitrogens with zero attached hydrogens (tertiary/aromatic N) is 2. The van der Waals surface area contributed by atoms with E-state index < -0.39 is 4.92 Å². The van der Waals surface area contributed by atoms with Gasteiger partial charge in [-0.05, 0) is 36.1 Å². The van der Waals surface area contributed by atoms with E-state index in [9.17, 15) is 14.9 Å². The molecule has 0 aromatic heterocycles. The summed E-state index contributed by atoms with van der Waals surface area (Å²) in [6.45, 7) is 1.58. The third kappa shape index (κ3) is 3.08. The Kier molecular flexibility index (Phi) is 4.20. The van der Waals surface area contributed by atoms with Gasteiger partial charge in [0.1, 0.15) is 13.2 Å². The van der Waals surface area contributed by atoms with Gasteiger partial charge in [-0.15, -0.1) is 0 Å². The lowest BCUT2D eigenvalue weighted by Crippen LogP contribution is -2.36. The summed E-state index contributed by atoms with van der Waals surface area (Å²) in [6, 6.07) is 10.2. The van der Waals surface area contributed by atoms with Crippen molar-refractivity contribution in [2.45, 2.75) is 19.3 Å². The van der Waals surface area contributed by atoms with Gasteiger partial charge < -0.3 is 14.4 Å². The number of aryl methyl sites for hydroxylation is 1. The summed E-state index contributed by atoms with van der Waals surface area (Å²) in [7, 11) is 0. The molecule has 2 heterocycles. The van der Waals surface area contributed by atoms with Crippen molar-refractivity contribution >= 4 is 17.3 Å². The lowest BCUT2D eigenvalue weighted by molar-refractivity contribution is -0.384. The van der Waals surface area contributed by atoms with E-state index in [-0.39, 0.29) is 18.0 Å². The van der Waals surface area contributed by atoms with Gasteiger partial charge in [-0.3, -0.25) is 14.9 Å². The van der Waals surface area contributed by atoms with Crippen LogP contribution in [0.5, 0.6) is 11.5 Å². The number of nitro groups is 1. The highest BCUT2D eigenvalue weighted by Gasteiger charge is 2.25. The number of anilines is 1. The smallest absolute Gasteiger partial charge is 0.271 e. The molecule has 0 saturated heterocycles. The van der Waals surface area contributed by atoms with Gasteiger partial charge in [-0.2, -0.15) is 0 Å². The number of nitro benzene ring substituents is 1. The predicted octanol–water partition coefficient (Wildman–Crippen LogP) is 2.89. The summed E-state index contributed by atoms with van der Waals surface area (Å²) < 4.78 is 11.1. The fourth-order valence-electron chi connectivity index (χ4n) is 3.40. The molecule has 0 aliphatic carbocycles. The second-order valence-electron chi connectivity index (χ2n) is 6.37. The third-order valence-corrected chi connectivity index (χ3v) is 4.66. The van der Waals surface area contributed by atoms with Crippen LogP contribution in [0.1, 0.15) is 17.5 Å². The van der Waals surface area contributed by atoms with E-state index in [2.05, 4.69) is 0 Å². The SMILES string of the molecule is O=C(Cc1ccc2c(c1)OCCO2)N1CCCc2ccc([N+](=O)[O-])cc21. The highest BCUT2D eigenvalue weighted by Crippen LogP contribution is 2.33. The first-order chi connectivity index (χ1) is 12.6. The van der Waals surface area contributed by atoms with Crippen molar-refractivity contribution in [3.8, 4) is 11.5 Å². The van der Waals surface area contributed by atoms with Gasteiger partial charge in [0.2, 0.25) is 5.91 Å². The van der Waals surface area contributed by atoms with Crippen LogP contribution < -0.4 is 14.4 Å². The molecule has 7 nitrogen and oxygen atoms in total. The predicted molar refractivity (Wildman–Crippen MR) is 94.9 cm³/mol. The molecule has 0 N–H and O–H groups in total. The van der Waals surface area contributed by atoms with E-state index in [1.54, 1.807) is 11.0 Å². The van der Waals surface area contributed by atoms with E-state index in [1.807, 2.05) is 18.2 Å². The Labute approximate surface area is 150 Å². The minimum atomic E-state index is -0.432. The second-order valence-corrected chi connectivity index (χ2v) is 6.37. The molecule has 0 radical (unpaired) electrons. The van der Waals surface area contributed by atoms with Crippen molar-refractivity contribution in [2.75, 3.05) is 24.7 Å². The minimum Gasteiger partial charge on any atom is -0.486 e. The minimum absolute atomic E-state index is 0.00257. The van der Waals surface area contributed by atoms with E-state index >= 15 is 0 Å². The molecule has 7 heteroatoms. The molecule has 0 unspecified atom stereocenters. The number of amides is 1. The van der Waals surface area contributed by atoms with E-state index in [1.165, 1.54) is 12.1 Å². The van der Waals surface area contributed by atoms with Gasteiger partial charge in [0.25, 0.3) is 5.69 Å². The van der Waals surface area contributed by atoms with Crippen molar-refractivity contribution in [1.82, 2.24) is 0 Å². The maximum absolute atomic E-state index is 12.9. The van der Waals surface area contributed by atoms with Gasteiger partial charge in [0.15, 0.2) is 11.5 Å². The van der Waals surface area contributed by atoms with Crippen LogP contribution in [0.25, 0.3) is 0 Å². The summed E-state index contributed by atoms with van der Waals surface area (Å²) in [5.41, 5.74) is 2.45. The average molecular weight is 354 g/mol. The van der Waals surface area contributed by atoms with Crippen LogP contribution in [0.4, 0.5) is 11.4 Å². The first-order valence-corrected chi connectivity index (χ1v) is 8.58. The van der Waals surface area contributed by atoms with Crippen molar-refractivity contribution < 1.29 is 19.2 Å². The summed E-state index contributed by atoms with van der Waals surface area (Å²) in [5, 5.41) is 11.1. The first kappa shape index (κ1) is 16.4. The van der Waals surface area contributed by atoms with Crippen LogP contribution in [-0.4, -0.2) is 30.6 Å². The molecular formula is C19H18N2O5. The average Bonchev–Trinajstić information content (AvgIpc) is 2.66. The van der Waals surface area contributed by atoms with Crippen molar-refractivity contribution in [3.05, 3.63) is 57.6 Å². The fraction of sp³-hybridized carbons (Fsp3) is 0.316. The van der Waals surface area contributed by atoms with Crippen molar-refractivity contribution in [3.63, 3.8) is 0 Å². The molecule has 0 fully saturated rings. The molecule has 26 heavy (non-hydrogen) atoms. The molecule has 1 amide bonds. The number of fused-ring (bicyclic) bond motifs is 2. The Morgan fingerprint density at radius 1 is 1.12 bits per heavy atom. The van der Waals surface area contributed by atoms with Crippen LogP contribution in [0.2, 0.25) is 0 Å². The topological polar surface area (TPSA) is 81.9 Å². The largest absolute Gasteiger partial charge is 0.486 e. The van der Waals surface area contributed by atoms with Gasteiger partial charge in [0, 0.05) is 18.7 Å². The Morgan fingerprint density at radius 2 is 1.92 bits per heavy atom. The molecular weight excluding hydrogens is 336 g/mol. The Morgan fingerprint density at radius 3 is 2.73 bits per heavy atom. The van der Waals surface area contributed by atoms with Gasteiger partial charge in [-0.1, -0.05) is 12.1 Å². The quantitative estimate of drug-likeness (QED) is 0.625. The molecule has 2 aliphatic heterocycles. The van der Waals surface area contributed by atoms with Gasteiger partial charge in [0.05, 0.1) is 17.0 Å². The standard InChI is InChI=1S/C19H18N2O5/c22-19(11-13-3-6-17-18(10-13)26-9-8-25-17)20-7-1-2-14-4-5-15(21(23)24)12-16(14)20/h3-6,10,12H,1-2,7-9,11H2. The molecule has 0 saturated carbocycles. The lowest BCUT2D eigenvalue weighted by Gasteiger charge is -2.29. The first-order valence-electron chi connectivity index (χ1n) is 8.58. The maximum atomic E-state index is 12.9. The van der Waals surface area contributed by atoms with E-state index in [0.717, 1.165) is 24.0 Å². The number of hydrogen-bond acceptors (Lipinski definition) is 5. The number of carbonyl (C=O) groups excluding carboxylic acids is 1. The third-order valence-electron chi connectivity index (χ3n) is 4.66. The zero-order valence-corrected chi connectivity index (χ0v) is 14.1. The monoisotopic (exact) mass is 354 g/mol. The van der Waals surface area contributed by atoms with Crippen LogP contribution in [-0.2, 0) is 17.6 Å². The summed E-state index contributed by atoms with van der Waals surface area (Å²) in [6.07, 6.45) is 1.87. The summed E-state index contributed by atoms with van der Waals surface area (Å²) in [5.74, 6) is 1.26. The normalized spacial score (nSPS) is 15.3. The van der Waals surface area contributed by atoms with Gasteiger partial charge in [-0.25, -0.2) is 0 Å². The molecule has 2 aliphatic rings. The fourth-order valence-corrected chi connectivity index (χ4v) is 3.40. The Hall–Kier alpha value is -3.09. The number of rotatable bonds is 3. The number of carbonyl (C=O) groups is 1. The second kappa shape index (κ2) is 6.67. The Balaban J connectivity index is 1.58. The number of hydrogen-bond donors (Lipinski definition) is 0. The molecule has 0 spiro atoms. The molecule has 134 valence electrons. The molecule has 2 aromatic carbocycles. The molecule has 2 aromatic rings. The van der Waals surface area contributed by atoms with Crippen LogP contribution in [0, 0.1) is 10.1 Å². The summed E-state index contributed by atoms with van der Waals surface area (Å²) in [4.78, 5) is 25.2. The molecule has 4 rings (SSSR count). The van der Waals surface area contributed by atoms with Crippen LogP contribution in [0.15, 0.2) is 36.4 Å². The van der Waals surface area contributed by atoms with E-state index in [4.69, 9.17) is 9.47 Å². The number of benzene rings is 2. The zero-order chi connectivity index (χ0) is 18.1. The summed E-state index contributed by atoms with van der Waals surface area (Å²) >= 11 is 0. The highest BCUT2D eigenvalue weighted by molar-refractivity contribution is 5.96. The van der Waals surface area contributed by atoms with Crippen LogP contribution in [0.3, 0.4) is 0 Å². The lowest BCUT2D eigenvalue weighted by atomic mass is 10.00. The number of non-ortho nitro benzene ring substituents is 1. The number of ether oxygens (including phenoxy) is 2. The van der Waals surface area contributed by atoms with Crippen molar-refractivity contribution in [1.29, 1.82) is 0 Å². The maximum Gasteiger partial charge on any atom is 0.271 e. The molecule has 0 bridgehead atoms. The van der Waals surface area contributed by atoms with E-state index in [0.29, 0.717) is 36.9 Å². The van der Waals surface area contributed by atoms with Crippen molar-refractivity contribution in [2.24, 2.45) is 0 Å². The van der Waals surface area contributed by atoms with Crippen LogP contribution >= 0.6 is 0 Å².